The predicted octanol–water partition coefficient (Wildman–Crippen LogP) is 3.60. The Morgan fingerprint density at radius 1 is 1.50 bits per heavy atom. The Bertz CT molecular complexity index is 514. The lowest BCUT2D eigenvalue weighted by molar-refractivity contribution is 0.199. The molecule has 1 N–H and O–H groups in total. The first-order chi connectivity index (χ1) is 8.58. The number of hydrogen-bond donors (Lipinski definition) is 1. The summed E-state index contributed by atoms with van der Waals surface area (Å²) in [7, 11) is 2.03. The van der Waals surface area contributed by atoms with E-state index in [0.717, 1.165) is 28.0 Å². The molecule has 0 amide bonds. The Balaban J connectivity index is 2.17. The lowest BCUT2D eigenvalue weighted by Crippen LogP contribution is -2.17. The molecule has 0 spiro atoms. The molecule has 0 aliphatic heterocycles. The lowest BCUT2D eigenvalue weighted by Gasteiger charge is -2.20. The summed E-state index contributed by atoms with van der Waals surface area (Å²) in [5, 5.41) is 11.6. The first-order valence-corrected chi connectivity index (χ1v) is 7.37. The van der Waals surface area contributed by atoms with E-state index in [-0.39, 0.29) is 0 Å². The summed E-state index contributed by atoms with van der Waals surface area (Å²) in [6.07, 6.45) is -0.445. The van der Waals surface area contributed by atoms with Crippen LogP contribution in [0, 0.1) is 0 Å². The molecule has 5 heteroatoms. The summed E-state index contributed by atoms with van der Waals surface area (Å²) in [5.41, 5.74) is 4.91. The number of halogens is 1. The number of rotatable bonds is 4. The monoisotopic (exact) mass is 326 g/mol. The number of thiazole rings is 1. The Hall–Kier alpha value is -0.910. The van der Waals surface area contributed by atoms with Gasteiger partial charge in [0.15, 0.2) is 0 Å². The van der Waals surface area contributed by atoms with Crippen molar-refractivity contribution in [2.24, 2.45) is 0 Å². The molecule has 0 aliphatic rings. The first kappa shape index (κ1) is 13.5. The van der Waals surface area contributed by atoms with E-state index in [2.05, 4.69) is 31.2 Å². The van der Waals surface area contributed by atoms with E-state index in [1.807, 2.05) is 30.8 Å². The van der Waals surface area contributed by atoms with E-state index in [4.69, 9.17) is 0 Å². The minimum atomic E-state index is -0.445. The van der Waals surface area contributed by atoms with Gasteiger partial charge in [0.05, 0.1) is 29.5 Å². The van der Waals surface area contributed by atoms with Crippen LogP contribution in [0.5, 0.6) is 0 Å². The second-order valence-corrected chi connectivity index (χ2v) is 5.80. The van der Waals surface area contributed by atoms with Crippen LogP contribution in [0.1, 0.15) is 24.3 Å². The maximum atomic E-state index is 9.54. The van der Waals surface area contributed by atoms with Gasteiger partial charge in [0.25, 0.3) is 0 Å². The number of aromatic nitrogens is 1. The van der Waals surface area contributed by atoms with E-state index in [0.29, 0.717) is 0 Å². The molecule has 3 nitrogen and oxygen atoms in total. The molecule has 0 unspecified atom stereocenters. The fourth-order valence-electron chi connectivity index (χ4n) is 1.74. The highest BCUT2D eigenvalue weighted by Crippen LogP contribution is 2.29. The van der Waals surface area contributed by atoms with Gasteiger partial charge < -0.3 is 10.0 Å². The highest BCUT2D eigenvalue weighted by Gasteiger charge is 2.10. The summed E-state index contributed by atoms with van der Waals surface area (Å²) in [6.45, 7) is 2.54. The van der Waals surface area contributed by atoms with E-state index >= 15 is 0 Å². The van der Waals surface area contributed by atoms with Crippen molar-refractivity contribution in [3.05, 3.63) is 44.8 Å². The second-order valence-electron chi connectivity index (χ2n) is 4.22. The van der Waals surface area contributed by atoms with Crippen LogP contribution >= 0.6 is 27.3 Å². The van der Waals surface area contributed by atoms with Crippen molar-refractivity contribution in [1.82, 2.24) is 4.98 Å². The standard InChI is InChI=1S/C13H15BrN2OS/c1-9(17)10-3-4-13(12(14)5-10)16(2)6-11-7-18-8-15-11/h3-5,7-9,17H,6H2,1-2H3/t9-/m0/s1. The molecular weight excluding hydrogens is 312 g/mol. The van der Waals surface area contributed by atoms with E-state index in [9.17, 15) is 5.11 Å². The molecule has 2 aromatic rings. The maximum absolute atomic E-state index is 9.54. The minimum absolute atomic E-state index is 0.445. The normalized spacial score (nSPS) is 12.4. The van der Waals surface area contributed by atoms with Crippen molar-refractivity contribution in [1.29, 1.82) is 0 Å². The van der Waals surface area contributed by atoms with Gasteiger partial charge in [-0.1, -0.05) is 6.07 Å². The lowest BCUT2D eigenvalue weighted by atomic mass is 10.1. The molecule has 1 aromatic heterocycles. The smallest absolute Gasteiger partial charge is 0.0795 e. The molecule has 1 heterocycles. The molecule has 2 rings (SSSR count). The minimum Gasteiger partial charge on any atom is -0.389 e. The highest BCUT2D eigenvalue weighted by atomic mass is 79.9. The molecular formula is C13H15BrN2OS. The first-order valence-electron chi connectivity index (χ1n) is 5.63. The molecule has 0 saturated carbocycles. The van der Waals surface area contributed by atoms with Gasteiger partial charge in [0.1, 0.15) is 0 Å². The summed E-state index contributed by atoms with van der Waals surface area (Å²) in [5.74, 6) is 0. The van der Waals surface area contributed by atoms with Gasteiger partial charge in [0.2, 0.25) is 0 Å². The third-order valence-corrected chi connectivity index (χ3v) is 4.02. The van der Waals surface area contributed by atoms with Crippen molar-refractivity contribution < 1.29 is 5.11 Å². The molecule has 0 fully saturated rings. The average molecular weight is 327 g/mol. The van der Waals surface area contributed by atoms with Crippen molar-refractivity contribution in [3.63, 3.8) is 0 Å². The number of aliphatic hydroxyl groups excluding tert-OH is 1. The van der Waals surface area contributed by atoms with Crippen LogP contribution in [0.15, 0.2) is 33.6 Å². The van der Waals surface area contributed by atoms with Gasteiger partial charge in [-0.25, -0.2) is 4.98 Å². The van der Waals surface area contributed by atoms with Crippen molar-refractivity contribution in [3.8, 4) is 0 Å². The fraction of sp³-hybridized carbons (Fsp3) is 0.308. The Labute approximate surface area is 119 Å². The third kappa shape index (κ3) is 3.10. The quantitative estimate of drug-likeness (QED) is 0.932. The third-order valence-electron chi connectivity index (χ3n) is 2.75. The Morgan fingerprint density at radius 2 is 2.28 bits per heavy atom. The fourth-order valence-corrected chi connectivity index (χ4v) is 2.99. The molecule has 0 aliphatic carbocycles. The zero-order valence-corrected chi connectivity index (χ0v) is 12.7. The van der Waals surface area contributed by atoms with E-state index in [1.54, 1.807) is 18.3 Å². The zero-order chi connectivity index (χ0) is 13.1. The van der Waals surface area contributed by atoms with Gasteiger partial charge in [-0.3, -0.25) is 0 Å². The van der Waals surface area contributed by atoms with Gasteiger partial charge >= 0.3 is 0 Å². The average Bonchev–Trinajstić information content (AvgIpc) is 2.81. The van der Waals surface area contributed by atoms with Crippen LogP contribution in [0.4, 0.5) is 5.69 Å². The topological polar surface area (TPSA) is 36.4 Å². The second kappa shape index (κ2) is 5.82. The van der Waals surface area contributed by atoms with Gasteiger partial charge in [-0.15, -0.1) is 11.3 Å². The zero-order valence-electron chi connectivity index (χ0n) is 10.3. The van der Waals surface area contributed by atoms with Crippen LogP contribution in [0.3, 0.4) is 0 Å². The van der Waals surface area contributed by atoms with E-state index in [1.165, 1.54) is 0 Å². The molecule has 0 saturated heterocycles. The summed E-state index contributed by atoms with van der Waals surface area (Å²) in [4.78, 5) is 6.41. The molecule has 96 valence electrons. The van der Waals surface area contributed by atoms with Gasteiger partial charge in [-0.2, -0.15) is 0 Å². The summed E-state index contributed by atoms with van der Waals surface area (Å²) < 4.78 is 0.985. The van der Waals surface area contributed by atoms with Crippen LogP contribution in [-0.2, 0) is 6.54 Å². The van der Waals surface area contributed by atoms with Crippen LogP contribution < -0.4 is 4.90 Å². The number of nitrogens with zero attached hydrogens (tertiary/aromatic N) is 2. The largest absolute Gasteiger partial charge is 0.389 e. The van der Waals surface area contributed by atoms with Crippen LogP contribution in [0.2, 0.25) is 0 Å². The SMILES string of the molecule is C[C@H](O)c1ccc(N(C)Cc2cscn2)c(Br)c1. The summed E-state index contributed by atoms with van der Waals surface area (Å²) >= 11 is 5.15. The number of hydrogen-bond acceptors (Lipinski definition) is 4. The molecule has 18 heavy (non-hydrogen) atoms. The van der Waals surface area contributed by atoms with Crippen molar-refractivity contribution >= 4 is 33.0 Å². The van der Waals surface area contributed by atoms with Gasteiger partial charge in [-0.05, 0) is 40.5 Å². The molecule has 0 radical (unpaired) electrons. The summed E-state index contributed by atoms with van der Waals surface area (Å²) in [6, 6.07) is 5.92. The molecule has 1 atom stereocenters. The van der Waals surface area contributed by atoms with Gasteiger partial charge in [0, 0.05) is 16.9 Å². The number of anilines is 1. The van der Waals surface area contributed by atoms with Crippen LogP contribution in [0.25, 0.3) is 0 Å². The molecule has 1 aromatic carbocycles. The Kier molecular flexibility index (Phi) is 4.37. The molecule has 0 bridgehead atoms. The van der Waals surface area contributed by atoms with Crippen molar-refractivity contribution in [2.45, 2.75) is 19.6 Å². The predicted molar refractivity (Wildman–Crippen MR) is 79.0 cm³/mol. The number of aliphatic hydroxyl groups is 1. The van der Waals surface area contributed by atoms with E-state index < -0.39 is 6.10 Å². The maximum Gasteiger partial charge on any atom is 0.0795 e. The Morgan fingerprint density at radius 3 is 2.83 bits per heavy atom. The number of benzene rings is 1. The van der Waals surface area contributed by atoms with Crippen molar-refractivity contribution in [2.75, 3.05) is 11.9 Å². The van der Waals surface area contributed by atoms with Crippen LogP contribution in [-0.4, -0.2) is 17.1 Å². The highest BCUT2D eigenvalue weighted by molar-refractivity contribution is 9.10.